The van der Waals surface area contributed by atoms with Crippen LogP contribution in [0.2, 0.25) is 0 Å². The summed E-state index contributed by atoms with van der Waals surface area (Å²) in [6.07, 6.45) is 5.20. The van der Waals surface area contributed by atoms with E-state index in [9.17, 15) is 0 Å². The average molecular weight is 260 g/mol. The molecule has 2 aromatic heterocycles. The van der Waals surface area contributed by atoms with E-state index in [-0.39, 0.29) is 5.54 Å². The summed E-state index contributed by atoms with van der Waals surface area (Å²) in [5.41, 5.74) is 7.41. The molecule has 1 fully saturated rings. The van der Waals surface area contributed by atoms with Gasteiger partial charge >= 0.3 is 0 Å². The van der Waals surface area contributed by atoms with Crippen molar-refractivity contribution in [3.63, 3.8) is 0 Å². The van der Waals surface area contributed by atoms with Crippen LogP contribution >= 0.6 is 0 Å². The first kappa shape index (κ1) is 12.2. The Morgan fingerprint density at radius 3 is 2.79 bits per heavy atom. The molecule has 1 saturated carbocycles. The molecule has 0 unspecified atom stereocenters. The maximum absolute atomic E-state index is 5.83. The smallest absolute Gasteiger partial charge is 0.224 e. The predicted molar refractivity (Wildman–Crippen MR) is 76.0 cm³/mol. The number of hydrogen-bond donors (Lipinski definition) is 2. The van der Waals surface area contributed by atoms with Gasteiger partial charge in [0.2, 0.25) is 5.95 Å². The van der Waals surface area contributed by atoms with Crippen molar-refractivity contribution in [2.75, 3.05) is 11.1 Å². The lowest BCUT2D eigenvalue weighted by Crippen LogP contribution is -2.24. The third-order valence-electron chi connectivity index (χ3n) is 3.85. The summed E-state index contributed by atoms with van der Waals surface area (Å²) in [7, 11) is 0. The Morgan fingerprint density at radius 2 is 2.16 bits per heavy atom. The minimum atomic E-state index is -0.0353. The van der Waals surface area contributed by atoms with Gasteiger partial charge in [0.15, 0.2) is 17.0 Å². The highest BCUT2D eigenvalue weighted by molar-refractivity contribution is 5.84. The normalized spacial score (nSPS) is 15.9. The van der Waals surface area contributed by atoms with Gasteiger partial charge in [0.05, 0.1) is 6.33 Å². The van der Waals surface area contributed by atoms with Crippen molar-refractivity contribution in [2.24, 2.45) is 0 Å². The zero-order chi connectivity index (χ0) is 13.6. The molecule has 0 atom stereocenters. The van der Waals surface area contributed by atoms with Gasteiger partial charge in [-0.2, -0.15) is 9.97 Å². The van der Waals surface area contributed by atoms with E-state index in [1.54, 1.807) is 0 Å². The Hall–Kier alpha value is -1.85. The zero-order valence-electron chi connectivity index (χ0n) is 11.6. The van der Waals surface area contributed by atoms with Crippen molar-refractivity contribution in [1.82, 2.24) is 19.5 Å². The van der Waals surface area contributed by atoms with Gasteiger partial charge in [0.25, 0.3) is 0 Å². The molecule has 2 heterocycles. The molecule has 1 aliphatic carbocycles. The number of hydrogen-bond acceptors (Lipinski definition) is 5. The number of imidazole rings is 1. The van der Waals surface area contributed by atoms with E-state index in [1.807, 2.05) is 6.33 Å². The fourth-order valence-corrected chi connectivity index (χ4v) is 2.05. The van der Waals surface area contributed by atoms with Crippen LogP contribution in [0.1, 0.15) is 40.0 Å². The Kier molecular flexibility index (Phi) is 2.62. The van der Waals surface area contributed by atoms with Gasteiger partial charge in [0, 0.05) is 11.6 Å². The van der Waals surface area contributed by atoms with Crippen LogP contribution in [-0.4, -0.2) is 25.6 Å². The van der Waals surface area contributed by atoms with Crippen molar-refractivity contribution in [1.29, 1.82) is 0 Å². The van der Waals surface area contributed by atoms with Crippen LogP contribution in [0.5, 0.6) is 0 Å². The van der Waals surface area contributed by atoms with E-state index >= 15 is 0 Å². The van der Waals surface area contributed by atoms with Crippen molar-refractivity contribution < 1.29 is 0 Å². The summed E-state index contributed by atoms with van der Waals surface area (Å²) in [4.78, 5) is 13.1. The maximum Gasteiger partial charge on any atom is 0.224 e. The lowest BCUT2D eigenvalue weighted by atomic mass is 10.0. The summed E-state index contributed by atoms with van der Waals surface area (Å²) in [6.45, 7) is 6.49. The fraction of sp³-hybridized carbons (Fsp3) is 0.615. The highest BCUT2D eigenvalue weighted by atomic mass is 15.2. The third-order valence-corrected chi connectivity index (χ3v) is 3.85. The molecule has 6 heteroatoms. The molecule has 0 aromatic carbocycles. The second-order valence-electron chi connectivity index (χ2n) is 5.80. The molecule has 0 bridgehead atoms. The van der Waals surface area contributed by atoms with Gasteiger partial charge in [-0.1, -0.05) is 6.92 Å². The number of nitrogens with one attached hydrogen (secondary N) is 1. The highest BCUT2D eigenvalue weighted by Gasteiger charge is 2.26. The second-order valence-corrected chi connectivity index (χ2v) is 5.80. The van der Waals surface area contributed by atoms with E-state index in [0.29, 0.717) is 12.0 Å². The van der Waals surface area contributed by atoms with Crippen LogP contribution in [0.4, 0.5) is 11.8 Å². The standard InChI is InChI=1S/C13H20N6/c1-4-13(2,3)19-7-15-9-10(16-8-5-6-8)17-12(14)18-11(9)19/h7-8H,4-6H2,1-3H3,(H3,14,16,17,18). The van der Waals surface area contributed by atoms with E-state index in [0.717, 1.165) is 23.4 Å². The number of nitrogens with zero attached hydrogens (tertiary/aromatic N) is 4. The van der Waals surface area contributed by atoms with Gasteiger partial charge < -0.3 is 15.6 Å². The topological polar surface area (TPSA) is 81.7 Å². The van der Waals surface area contributed by atoms with Crippen LogP contribution in [0.25, 0.3) is 11.2 Å². The summed E-state index contributed by atoms with van der Waals surface area (Å²) in [6, 6.07) is 0.516. The average Bonchev–Trinajstić information content (AvgIpc) is 3.05. The molecule has 0 spiro atoms. The molecule has 3 N–H and O–H groups in total. The van der Waals surface area contributed by atoms with Crippen molar-refractivity contribution in [3.05, 3.63) is 6.33 Å². The summed E-state index contributed by atoms with van der Waals surface area (Å²) in [5.74, 6) is 1.06. The Bertz CT molecular complexity index is 611. The molecule has 19 heavy (non-hydrogen) atoms. The summed E-state index contributed by atoms with van der Waals surface area (Å²) < 4.78 is 2.08. The van der Waals surface area contributed by atoms with Crippen molar-refractivity contribution in [2.45, 2.75) is 51.6 Å². The van der Waals surface area contributed by atoms with Gasteiger partial charge in [-0.05, 0) is 33.1 Å². The molecule has 6 nitrogen and oxygen atoms in total. The van der Waals surface area contributed by atoms with Gasteiger partial charge in [-0.25, -0.2) is 4.98 Å². The number of nitrogens with two attached hydrogens (primary N) is 1. The predicted octanol–water partition coefficient (Wildman–Crippen LogP) is 2.13. The van der Waals surface area contributed by atoms with Crippen LogP contribution in [0, 0.1) is 0 Å². The molecule has 0 amide bonds. The number of fused-ring (bicyclic) bond motifs is 1. The minimum absolute atomic E-state index is 0.0353. The Morgan fingerprint density at radius 1 is 1.42 bits per heavy atom. The Balaban J connectivity index is 2.14. The molecular formula is C13H20N6. The number of rotatable bonds is 4. The van der Waals surface area contributed by atoms with Gasteiger partial charge in [-0.15, -0.1) is 0 Å². The van der Waals surface area contributed by atoms with Crippen molar-refractivity contribution in [3.8, 4) is 0 Å². The molecular weight excluding hydrogens is 240 g/mol. The molecule has 2 aromatic rings. The monoisotopic (exact) mass is 260 g/mol. The minimum Gasteiger partial charge on any atom is -0.368 e. The molecule has 0 aliphatic heterocycles. The SMILES string of the molecule is CCC(C)(C)n1cnc2c(NC3CC3)nc(N)nc21. The molecule has 0 radical (unpaired) electrons. The first-order chi connectivity index (χ1) is 9.01. The largest absolute Gasteiger partial charge is 0.368 e. The lowest BCUT2D eigenvalue weighted by molar-refractivity contribution is 0.350. The van der Waals surface area contributed by atoms with Gasteiger partial charge in [-0.3, -0.25) is 0 Å². The second kappa shape index (κ2) is 4.08. The zero-order valence-corrected chi connectivity index (χ0v) is 11.6. The number of aromatic nitrogens is 4. The van der Waals surface area contributed by atoms with Crippen LogP contribution in [0.15, 0.2) is 6.33 Å². The van der Waals surface area contributed by atoms with Crippen LogP contribution < -0.4 is 11.1 Å². The van der Waals surface area contributed by atoms with Crippen molar-refractivity contribution >= 4 is 22.9 Å². The van der Waals surface area contributed by atoms with E-state index < -0.39 is 0 Å². The lowest BCUT2D eigenvalue weighted by Gasteiger charge is -2.25. The number of anilines is 2. The first-order valence-corrected chi connectivity index (χ1v) is 6.79. The van der Waals surface area contributed by atoms with Gasteiger partial charge in [0.1, 0.15) is 0 Å². The number of nitrogen functional groups attached to an aromatic ring is 1. The van der Waals surface area contributed by atoms with Crippen LogP contribution in [0.3, 0.4) is 0 Å². The van der Waals surface area contributed by atoms with E-state index in [1.165, 1.54) is 12.8 Å². The quantitative estimate of drug-likeness (QED) is 0.880. The maximum atomic E-state index is 5.83. The van der Waals surface area contributed by atoms with E-state index in [2.05, 4.69) is 45.6 Å². The van der Waals surface area contributed by atoms with Crippen LogP contribution in [-0.2, 0) is 5.54 Å². The molecule has 1 aliphatic rings. The first-order valence-electron chi connectivity index (χ1n) is 6.79. The highest BCUT2D eigenvalue weighted by Crippen LogP contribution is 2.30. The fourth-order valence-electron chi connectivity index (χ4n) is 2.05. The molecule has 102 valence electrons. The van der Waals surface area contributed by atoms with E-state index in [4.69, 9.17) is 5.73 Å². The third kappa shape index (κ3) is 2.11. The Labute approximate surface area is 112 Å². The molecule has 3 rings (SSSR count). The molecule has 0 saturated heterocycles. The summed E-state index contributed by atoms with van der Waals surface area (Å²) in [5, 5.41) is 3.38. The summed E-state index contributed by atoms with van der Waals surface area (Å²) >= 11 is 0.